The van der Waals surface area contributed by atoms with Crippen LogP contribution in [0.2, 0.25) is 0 Å². The van der Waals surface area contributed by atoms with Crippen LogP contribution >= 0.6 is 11.3 Å². The van der Waals surface area contributed by atoms with Crippen molar-refractivity contribution in [1.82, 2.24) is 20.4 Å². The molecule has 1 aromatic carbocycles. The molecule has 0 saturated carbocycles. The normalized spacial score (nSPS) is 14.3. The van der Waals surface area contributed by atoms with Gasteiger partial charge in [-0.25, -0.2) is 0 Å². The van der Waals surface area contributed by atoms with E-state index in [0.717, 1.165) is 17.8 Å². The first-order valence-corrected chi connectivity index (χ1v) is 11.5. The maximum atomic E-state index is 12.8. The second-order valence-electron chi connectivity index (χ2n) is 8.14. The van der Waals surface area contributed by atoms with Crippen LogP contribution in [0.1, 0.15) is 52.7 Å². The van der Waals surface area contributed by atoms with Gasteiger partial charge >= 0.3 is 0 Å². The average Bonchev–Trinajstić information content (AvgIpc) is 3.29. The molecule has 1 fully saturated rings. The molecule has 0 unspecified atom stereocenters. The molecule has 32 heavy (non-hydrogen) atoms. The van der Waals surface area contributed by atoms with E-state index < -0.39 is 5.91 Å². The van der Waals surface area contributed by atoms with Gasteiger partial charge in [0.25, 0.3) is 11.8 Å². The fourth-order valence-corrected chi connectivity index (χ4v) is 4.08. The monoisotopic (exact) mass is 459 g/mol. The van der Waals surface area contributed by atoms with Gasteiger partial charge in [-0.05, 0) is 49.4 Å². The van der Waals surface area contributed by atoms with Crippen molar-refractivity contribution in [2.75, 3.05) is 32.1 Å². The van der Waals surface area contributed by atoms with E-state index in [1.165, 1.54) is 0 Å². The van der Waals surface area contributed by atoms with Gasteiger partial charge in [0.1, 0.15) is 5.75 Å². The first-order valence-electron chi connectivity index (χ1n) is 10.7. The third-order valence-electron chi connectivity index (χ3n) is 5.32. The van der Waals surface area contributed by atoms with Crippen LogP contribution in [0.15, 0.2) is 24.3 Å². The molecule has 0 spiro atoms. The lowest BCUT2D eigenvalue weighted by Gasteiger charge is -2.30. The molecule has 1 aliphatic rings. The summed E-state index contributed by atoms with van der Waals surface area (Å²) < 4.78 is 5.09. The number of carbonyl (C=O) groups is 3. The number of piperidine rings is 1. The maximum absolute atomic E-state index is 12.8. The molecular weight excluding hydrogens is 430 g/mol. The van der Waals surface area contributed by atoms with Gasteiger partial charge in [-0.3, -0.25) is 14.4 Å². The van der Waals surface area contributed by atoms with Crippen molar-refractivity contribution in [1.29, 1.82) is 0 Å². The summed E-state index contributed by atoms with van der Waals surface area (Å²) in [7, 11) is 1.57. The number of nitrogens with zero attached hydrogens (tertiary/aromatic N) is 3. The highest BCUT2D eigenvalue weighted by molar-refractivity contribution is 7.15. The molecule has 3 amide bonds. The highest BCUT2D eigenvalue weighted by atomic mass is 32.1. The number of anilines is 1. The molecular formula is C22H29N5O4S. The Labute approximate surface area is 191 Å². The topological polar surface area (TPSA) is 114 Å². The zero-order valence-corrected chi connectivity index (χ0v) is 19.4. The number of aromatic nitrogens is 2. The van der Waals surface area contributed by atoms with Crippen LogP contribution in [-0.2, 0) is 4.79 Å². The van der Waals surface area contributed by atoms with Gasteiger partial charge in [-0.2, -0.15) is 0 Å². The maximum Gasteiger partial charge on any atom is 0.286 e. The van der Waals surface area contributed by atoms with Gasteiger partial charge < -0.3 is 20.3 Å². The lowest BCUT2D eigenvalue weighted by molar-refractivity contribution is -0.126. The minimum atomic E-state index is -0.427. The smallest absolute Gasteiger partial charge is 0.286 e. The molecule has 2 aromatic rings. The highest BCUT2D eigenvalue weighted by Gasteiger charge is 2.29. The van der Waals surface area contributed by atoms with Crippen LogP contribution in [0.25, 0.3) is 0 Å². The Hall–Kier alpha value is -3.01. The van der Waals surface area contributed by atoms with Crippen LogP contribution < -0.4 is 15.4 Å². The molecule has 2 heterocycles. The van der Waals surface area contributed by atoms with Crippen LogP contribution in [0.5, 0.6) is 5.75 Å². The van der Waals surface area contributed by atoms with Gasteiger partial charge in [0.15, 0.2) is 0 Å². The van der Waals surface area contributed by atoms with Crippen LogP contribution in [-0.4, -0.2) is 59.6 Å². The Kier molecular flexibility index (Phi) is 8.15. The lowest BCUT2D eigenvalue weighted by Crippen LogP contribution is -2.43. The van der Waals surface area contributed by atoms with E-state index in [1.807, 2.05) is 0 Å². The molecule has 1 saturated heterocycles. The number of amides is 3. The number of ether oxygens (including phenoxy) is 1. The molecule has 10 heteroatoms. The number of rotatable bonds is 8. The molecule has 1 aliphatic heterocycles. The fourth-order valence-electron chi connectivity index (χ4n) is 3.37. The van der Waals surface area contributed by atoms with E-state index in [1.54, 1.807) is 36.3 Å². The summed E-state index contributed by atoms with van der Waals surface area (Å²) in [6, 6.07) is 6.90. The highest BCUT2D eigenvalue weighted by Crippen LogP contribution is 2.22. The van der Waals surface area contributed by atoms with E-state index in [9.17, 15) is 14.4 Å². The third-order valence-corrected chi connectivity index (χ3v) is 6.23. The average molecular weight is 460 g/mol. The molecule has 9 nitrogen and oxygen atoms in total. The number of likely N-dealkylation sites (tertiary alicyclic amines) is 1. The van der Waals surface area contributed by atoms with Crippen LogP contribution in [0.3, 0.4) is 0 Å². The van der Waals surface area contributed by atoms with E-state index in [2.05, 4.69) is 34.7 Å². The first-order chi connectivity index (χ1) is 15.4. The molecule has 172 valence electrons. The first kappa shape index (κ1) is 23.6. The minimum Gasteiger partial charge on any atom is -0.497 e. The van der Waals surface area contributed by atoms with E-state index in [0.29, 0.717) is 49.8 Å². The SMILES string of the molecule is COc1ccc(NC(=O)c2nnc(C(=O)N3CCC(C(=O)NCCC(C)C)CC3)s2)cc1. The summed E-state index contributed by atoms with van der Waals surface area (Å²) in [6.07, 6.45) is 2.18. The summed E-state index contributed by atoms with van der Waals surface area (Å²) in [6.45, 7) is 5.89. The molecule has 1 aromatic heterocycles. The Morgan fingerprint density at radius 3 is 2.41 bits per heavy atom. The molecule has 2 N–H and O–H groups in total. The zero-order valence-electron chi connectivity index (χ0n) is 18.6. The third kappa shape index (κ3) is 6.25. The number of carbonyl (C=O) groups excluding carboxylic acids is 3. The summed E-state index contributed by atoms with van der Waals surface area (Å²) in [5, 5.41) is 13.8. The Bertz CT molecular complexity index is 936. The van der Waals surface area contributed by atoms with Gasteiger partial charge in [0, 0.05) is 31.2 Å². The van der Waals surface area contributed by atoms with Crippen molar-refractivity contribution in [3.05, 3.63) is 34.3 Å². The second-order valence-corrected chi connectivity index (χ2v) is 9.11. The molecule has 0 atom stereocenters. The summed E-state index contributed by atoms with van der Waals surface area (Å²) in [4.78, 5) is 39.2. The quantitative estimate of drug-likeness (QED) is 0.628. The van der Waals surface area contributed by atoms with E-state index >= 15 is 0 Å². The molecule has 3 rings (SSSR count). The second kappa shape index (κ2) is 11.0. The van der Waals surface area contributed by atoms with Crippen LogP contribution in [0.4, 0.5) is 5.69 Å². The van der Waals surface area contributed by atoms with Crippen molar-refractivity contribution in [2.45, 2.75) is 33.1 Å². The van der Waals surface area contributed by atoms with Gasteiger partial charge in [0.05, 0.1) is 7.11 Å². The van der Waals surface area contributed by atoms with Crippen molar-refractivity contribution in [2.24, 2.45) is 11.8 Å². The summed E-state index contributed by atoms with van der Waals surface area (Å²) in [5.41, 5.74) is 0.590. The zero-order chi connectivity index (χ0) is 23.1. The van der Waals surface area contributed by atoms with Crippen molar-refractivity contribution in [3.8, 4) is 5.75 Å². The molecule has 0 radical (unpaired) electrons. The van der Waals surface area contributed by atoms with E-state index in [4.69, 9.17) is 4.74 Å². The van der Waals surface area contributed by atoms with Gasteiger partial charge in [-0.15, -0.1) is 10.2 Å². The summed E-state index contributed by atoms with van der Waals surface area (Å²) in [5.74, 6) is 0.527. The van der Waals surface area contributed by atoms with E-state index in [-0.39, 0.29) is 27.7 Å². The Morgan fingerprint density at radius 2 is 1.78 bits per heavy atom. The number of hydrogen-bond acceptors (Lipinski definition) is 7. The number of benzene rings is 1. The van der Waals surface area contributed by atoms with Gasteiger partial charge in [-0.1, -0.05) is 25.2 Å². The largest absolute Gasteiger partial charge is 0.497 e. The number of hydrogen-bond donors (Lipinski definition) is 2. The Balaban J connectivity index is 1.50. The Morgan fingerprint density at radius 1 is 1.12 bits per heavy atom. The number of methoxy groups -OCH3 is 1. The minimum absolute atomic E-state index is 0.0613. The van der Waals surface area contributed by atoms with Gasteiger partial charge in [0.2, 0.25) is 15.9 Å². The summed E-state index contributed by atoms with van der Waals surface area (Å²) >= 11 is 0.961. The number of nitrogens with one attached hydrogen (secondary N) is 2. The molecule has 0 aliphatic carbocycles. The lowest BCUT2D eigenvalue weighted by atomic mass is 9.95. The standard InChI is InChI=1S/C22H29N5O4S/c1-14(2)8-11-23-18(28)15-9-12-27(13-10-15)22(30)21-26-25-20(32-21)19(29)24-16-4-6-17(31-3)7-5-16/h4-7,14-15H,8-13H2,1-3H3,(H,23,28)(H,24,29). The van der Waals surface area contributed by atoms with Crippen LogP contribution in [0, 0.1) is 11.8 Å². The van der Waals surface area contributed by atoms with Crippen molar-refractivity contribution < 1.29 is 19.1 Å². The predicted octanol–water partition coefficient (Wildman–Crippen LogP) is 2.81. The van der Waals surface area contributed by atoms with Crippen molar-refractivity contribution >= 4 is 34.7 Å². The van der Waals surface area contributed by atoms with Crippen molar-refractivity contribution in [3.63, 3.8) is 0 Å². The fraction of sp³-hybridized carbons (Fsp3) is 0.500. The molecule has 0 bridgehead atoms. The predicted molar refractivity (Wildman–Crippen MR) is 122 cm³/mol.